The van der Waals surface area contributed by atoms with Crippen molar-refractivity contribution in [2.45, 2.75) is 0 Å². The molecule has 0 aliphatic rings. The topological polar surface area (TPSA) is 82.1 Å². The van der Waals surface area contributed by atoms with Crippen molar-refractivity contribution >= 4 is 18.2 Å². The molecule has 80 valence electrons. The molecule has 0 aliphatic heterocycles. The molecule has 0 N–H and O–H groups in total. The van der Waals surface area contributed by atoms with E-state index in [1.165, 1.54) is 0 Å². The highest BCUT2D eigenvalue weighted by atomic mass is 16.6. The zero-order valence-corrected chi connectivity index (χ0v) is 8.10. The third kappa shape index (κ3) is 3.30. The molecule has 7 heteroatoms. The van der Waals surface area contributed by atoms with Crippen molar-refractivity contribution < 1.29 is 28.6 Å². The number of hydrogen-bond acceptors (Lipinski definition) is 6. The van der Waals surface area contributed by atoms with Gasteiger partial charge in [0.2, 0.25) is 0 Å². The van der Waals surface area contributed by atoms with E-state index in [0.29, 0.717) is 4.90 Å². The number of carbonyl (C=O) groups is 3. The number of esters is 1. The molecule has 14 heavy (non-hydrogen) atoms. The standard InChI is InChI=1S/C7H11NO6/c1-12-5(9)4-8(6(10)13-2)7(11)14-3/h4H2,1-3H3. The summed E-state index contributed by atoms with van der Waals surface area (Å²) in [6.45, 7) is -0.546. The number of imide groups is 1. The van der Waals surface area contributed by atoms with Gasteiger partial charge in [-0.2, -0.15) is 0 Å². The van der Waals surface area contributed by atoms with Crippen LogP contribution in [-0.4, -0.2) is 50.9 Å². The molecule has 0 heterocycles. The Labute approximate surface area is 80.5 Å². The molecule has 0 unspecified atom stereocenters. The number of nitrogens with zero attached hydrogens (tertiary/aromatic N) is 1. The smallest absolute Gasteiger partial charge is 0.419 e. The Morgan fingerprint density at radius 3 is 1.64 bits per heavy atom. The Balaban J connectivity index is 4.48. The Morgan fingerprint density at radius 2 is 1.36 bits per heavy atom. The SMILES string of the molecule is COC(=O)CN(C(=O)OC)C(=O)OC. The summed E-state index contributed by atoms with van der Waals surface area (Å²) >= 11 is 0. The molecule has 0 atom stereocenters. The molecule has 0 spiro atoms. The number of rotatable bonds is 2. The number of amides is 2. The van der Waals surface area contributed by atoms with Gasteiger partial charge in [0.1, 0.15) is 6.54 Å². The van der Waals surface area contributed by atoms with Crippen LogP contribution in [0.1, 0.15) is 0 Å². The summed E-state index contributed by atoms with van der Waals surface area (Å²) < 4.78 is 12.8. The van der Waals surface area contributed by atoms with E-state index in [1.54, 1.807) is 0 Å². The van der Waals surface area contributed by atoms with Crippen LogP contribution in [0.2, 0.25) is 0 Å². The van der Waals surface area contributed by atoms with Crippen LogP contribution >= 0.6 is 0 Å². The Kier molecular flexibility index (Phi) is 5.05. The molecule has 0 fully saturated rings. The van der Waals surface area contributed by atoms with Crippen LogP contribution in [-0.2, 0) is 19.0 Å². The fraction of sp³-hybridized carbons (Fsp3) is 0.571. The lowest BCUT2D eigenvalue weighted by atomic mass is 10.6. The molecule has 0 aromatic heterocycles. The van der Waals surface area contributed by atoms with Crippen molar-refractivity contribution in [1.82, 2.24) is 4.90 Å². The summed E-state index contributed by atoms with van der Waals surface area (Å²) in [7, 11) is 3.29. The largest absolute Gasteiger partial charge is 0.468 e. The van der Waals surface area contributed by atoms with Gasteiger partial charge >= 0.3 is 18.2 Å². The van der Waals surface area contributed by atoms with Gasteiger partial charge in [-0.1, -0.05) is 0 Å². The van der Waals surface area contributed by atoms with Gasteiger partial charge in [0.05, 0.1) is 21.3 Å². The van der Waals surface area contributed by atoms with Gasteiger partial charge in [-0.15, -0.1) is 0 Å². The van der Waals surface area contributed by atoms with Crippen molar-refractivity contribution in [2.24, 2.45) is 0 Å². The van der Waals surface area contributed by atoms with Gasteiger partial charge < -0.3 is 14.2 Å². The van der Waals surface area contributed by atoms with Crippen LogP contribution in [0, 0.1) is 0 Å². The predicted molar refractivity (Wildman–Crippen MR) is 43.5 cm³/mol. The van der Waals surface area contributed by atoms with Gasteiger partial charge in [-0.3, -0.25) is 4.79 Å². The summed E-state index contributed by atoms with van der Waals surface area (Å²) in [6.07, 6.45) is -1.97. The second-order valence-electron chi connectivity index (χ2n) is 2.10. The van der Waals surface area contributed by atoms with Gasteiger partial charge in [0.25, 0.3) is 0 Å². The average molecular weight is 205 g/mol. The van der Waals surface area contributed by atoms with E-state index in [0.717, 1.165) is 21.3 Å². The molecule has 2 amide bonds. The first-order valence-corrected chi connectivity index (χ1v) is 3.57. The van der Waals surface area contributed by atoms with E-state index in [1.807, 2.05) is 0 Å². The normalized spacial score (nSPS) is 8.79. The third-order valence-corrected chi connectivity index (χ3v) is 1.30. The highest BCUT2D eigenvalue weighted by Crippen LogP contribution is 1.97. The number of methoxy groups -OCH3 is 3. The first-order chi connectivity index (χ1) is 6.56. The Bertz CT molecular complexity index is 222. The lowest BCUT2D eigenvalue weighted by Crippen LogP contribution is -2.40. The van der Waals surface area contributed by atoms with Crippen LogP contribution in [0.15, 0.2) is 0 Å². The second-order valence-corrected chi connectivity index (χ2v) is 2.10. The van der Waals surface area contributed by atoms with E-state index < -0.39 is 24.7 Å². The summed E-state index contributed by atoms with van der Waals surface area (Å²) in [5, 5.41) is 0. The minimum absolute atomic E-state index is 0.478. The Hall–Kier alpha value is -1.79. The summed E-state index contributed by atoms with van der Waals surface area (Å²) in [4.78, 5) is 33.2. The molecule has 0 saturated carbocycles. The molecule has 0 radical (unpaired) electrons. The molecule has 0 bridgehead atoms. The molecule has 0 rings (SSSR count). The van der Waals surface area contributed by atoms with Crippen molar-refractivity contribution in [1.29, 1.82) is 0 Å². The van der Waals surface area contributed by atoms with Crippen LogP contribution < -0.4 is 0 Å². The van der Waals surface area contributed by atoms with E-state index in [4.69, 9.17) is 0 Å². The molecular formula is C7H11NO6. The molecule has 0 aliphatic carbocycles. The maximum Gasteiger partial charge on any atom is 0.419 e. The number of hydrogen-bond donors (Lipinski definition) is 0. The monoisotopic (exact) mass is 205 g/mol. The first kappa shape index (κ1) is 12.2. The third-order valence-electron chi connectivity index (χ3n) is 1.30. The molecule has 0 aromatic carbocycles. The van der Waals surface area contributed by atoms with Gasteiger partial charge in [-0.25, -0.2) is 14.5 Å². The maximum absolute atomic E-state index is 11.0. The van der Waals surface area contributed by atoms with Gasteiger partial charge in [0.15, 0.2) is 0 Å². The zero-order valence-electron chi connectivity index (χ0n) is 8.10. The van der Waals surface area contributed by atoms with Crippen molar-refractivity contribution in [3.05, 3.63) is 0 Å². The maximum atomic E-state index is 11.0. The van der Waals surface area contributed by atoms with Crippen molar-refractivity contribution in [3.63, 3.8) is 0 Å². The highest BCUT2D eigenvalue weighted by molar-refractivity contribution is 5.91. The second kappa shape index (κ2) is 5.79. The van der Waals surface area contributed by atoms with Gasteiger partial charge in [-0.05, 0) is 0 Å². The predicted octanol–water partition coefficient (Wildman–Crippen LogP) is -0.00580. The summed E-state index contributed by atoms with van der Waals surface area (Å²) in [6, 6.07) is 0. The van der Waals surface area contributed by atoms with Crippen LogP contribution in [0.5, 0.6) is 0 Å². The summed E-state index contributed by atoms with van der Waals surface area (Å²) in [5.74, 6) is -0.749. The van der Waals surface area contributed by atoms with Crippen LogP contribution in [0.4, 0.5) is 9.59 Å². The Morgan fingerprint density at radius 1 is 0.929 bits per heavy atom. The number of carbonyl (C=O) groups excluding carboxylic acids is 3. The van der Waals surface area contributed by atoms with E-state index in [-0.39, 0.29) is 0 Å². The minimum Gasteiger partial charge on any atom is -0.468 e. The van der Waals surface area contributed by atoms with E-state index in [9.17, 15) is 14.4 Å². The number of ether oxygens (including phenoxy) is 3. The molecular weight excluding hydrogens is 194 g/mol. The van der Waals surface area contributed by atoms with Crippen molar-refractivity contribution in [3.8, 4) is 0 Å². The first-order valence-electron chi connectivity index (χ1n) is 3.57. The van der Waals surface area contributed by atoms with Crippen LogP contribution in [0.3, 0.4) is 0 Å². The molecule has 7 nitrogen and oxygen atoms in total. The zero-order chi connectivity index (χ0) is 11.1. The highest BCUT2D eigenvalue weighted by Gasteiger charge is 2.25. The fourth-order valence-corrected chi connectivity index (χ4v) is 0.618. The molecule has 0 aromatic rings. The van der Waals surface area contributed by atoms with Crippen LogP contribution in [0.25, 0.3) is 0 Å². The quantitative estimate of drug-likeness (QED) is 0.466. The summed E-state index contributed by atoms with van der Waals surface area (Å²) in [5.41, 5.74) is 0. The minimum atomic E-state index is -0.984. The van der Waals surface area contributed by atoms with E-state index >= 15 is 0 Å². The average Bonchev–Trinajstić information content (AvgIpc) is 2.23. The van der Waals surface area contributed by atoms with E-state index in [2.05, 4.69) is 14.2 Å². The van der Waals surface area contributed by atoms with Gasteiger partial charge in [0, 0.05) is 0 Å². The lowest BCUT2D eigenvalue weighted by Gasteiger charge is -2.15. The fourth-order valence-electron chi connectivity index (χ4n) is 0.618. The molecule has 0 saturated heterocycles. The van der Waals surface area contributed by atoms with Crippen molar-refractivity contribution in [2.75, 3.05) is 27.9 Å². The lowest BCUT2D eigenvalue weighted by molar-refractivity contribution is -0.141.